The van der Waals surface area contributed by atoms with Gasteiger partial charge < -0.3 is 15.9 Å². The van der Waals surface area contributed by atoms with Gasteiger partial charge in [-0.1, -0.05) is 12.8 Å². The molecule has 0 heterocycles. The first-order valence-corrected chi connectivity index (χ1v) is 5.71. The van der Waals surface area contributed by atoms with Crippen molar-refractivity contribution >= 4 is 5.91 Å². The molecule has 2 unspecified atom stereocenters. The van der Waals surface area contributed by atoms with Gasteiger partial charge in [0.1, 0.15) is 6.10 Å². The number of nitrogens with two attached hydrogens (primary N) is 1. The summed E-state index contributed by atoms with van der Waals surface area (Å²) in [4.78, 5) is 26.6. The van der Waals surface area contributed by atoms with Gasteiger partial charge in [-0.15, -0.1) is 10.1 Å². The summed E-state index contributed by atoms with van der Waals surface area (Å²) in [5.41, 5.74) is 4.67. The first-order valence-electron chi connectivity index (χ1n) is 5.71. The monoisotopic (exact) mass is 245 g/mol. The quantitative estimate of drug-likeness (QED) is 0.549. The van der Waals surface area contributed by atoms with Gasteiger partial charge in [0.2, 0.25) is 5.91 Å². The van der Waals surface area contributed by atoms with Crippen LogP contribution in [0.25, 0.3) is 0 Å². The van der Waals surface area contributed by atoms with Crippen LogP contribution in [0.5, 0.6) is 0 Å². The molecule has 1 aliphatic carbocycles. The standard InChI is InChI=1S/C10H19N3O4/c1-10(2,11)9(14)12-7-5-3-4-6-8(7)17-13(15)16/h7-8H,3-6,11H2,1-2H3,(H,12,14). The highest BCUT2D eigenvalue weighted by Gasteiger charge is 2.32. The maximum atomic E-state index is 11.7. The summed E-state index contributed by atoms with van der Waals surface area (Å²) >= 11 is 0. The van der Waals surface area contributed by atoms with Crippen LogP contribution in [0, 0.1) is 10.1 Å². The Bertz CT molecular complexity index is 300. The van der Waals surface area contributed by atoms with E-state index >= 15 is 0 Å². The lowest BCUT2D eigenvalue weighted by atomic mass is 9.91. The number of nitrogens with one attached hydrogen (secondary N) is 1. The van der Waals surface area contributed by atoms with Crippen LogP contribution in [0.2, 0.25) is 0 Å². The van der Waals surface area contributed by atoms with E-state index in [0.29, 0.717) is 12.8 Å². The SMILES string of the molecule is CC(C)(N)C(=O)NC1CCCCC1O[N+](=O)[O-]. The van der Waals surface area contributed by atoms with E-state index in [-0.39, 0.29) is 11.9 Å². The number of hydrogen-bond donors (Lipinski definition) is 2. The van der Waals surface area contributed by atoms with Gasteiger partial charge in [0, 0.05) is 0 Å². The number of carbonyl (C=O) groups is 1. The van der Waals surface area contributed by atoms with E-state index in [0.717, 1.165) is 12.8 Å². The van der Waals surface area contributed by atoms with Crippen molar-refractivity contribution in [3.63, 3.8) is 0 Å². The summed E-state index contributed by atoms with van der Waals surface area (Å²) < 4.78 is 0. The average Bonchev–Trinajstić information content (AvgIpc) is 2.18. The molecule has 0 aromatic rings. The Hall–Kier alpha value is -1.37. The minimum Gasteiger partial charge on any atom is -0.350 e. The molecule has 0 radical (unpaired) electrons. The van der Waals surface area contributed by atoms with E-state index < -0.39 is 16.7 Å². The van der Waals surface area contributed by atoms with E-state index in [1.807, 2.05) is 0 Å². The number of carbonyl (C=O) groups excluding carboxylic acids is 1. The molecule has 1 aliphatic rings. The van der Waals surface area contributed by atoms with E-state index in [9.17, 15) is 14.9 Å². The van der Waals surface area contributed by atoms with Gasteiger partial charge in [-0.25, -0.2) is 0 Å². The smallest absolute Gasteiger partial charge is 0.294 e. The van der Waals surface area contributed by atoms with Crippen LogP contribution in [-0.4, -0.2) is 28.7 Å². The molecule has 1 amide bonds. The zero-order valence-electron chi connectivity index (χ0n) is 10.1. The third-order valence-corrected chi connectivity index (χ3v) is 2.83. The Balaban J connectivity index is 2.59. The molecule has 0 spiro atoms. The topological polar surface area (TPSA) is 107 Å². The first-order chi connectivity index (χ1) is 7.80. The van der Waals surface area contributed by atoms with Gasteiger partial charge in [0.25, 0.3) is 5.09 Å². The Kier molecular flexibility index (Phi) is 4.28. The minimum absolute atomic E-state index is 0.318. The molecular formula is C10H19N3O4. The van der Waals surface area contributed by atoms with Crippen molar-refractivity contribution < 1.29 is 14.7 Å². The average molecular weight is 245 g/mol. The number of rotatable bonds is 4. The van der Waals surface area contributed by atoms with Crippen molar-refractivity contribution in [3.05, 3.63) is 10.1 Å². The summed E-state index contributed by atoms with van der Waals surface area (Å²) in [5.74, 6) is -0.318. The predicted molar refractivity (Wildman–Crippen MR) is 60.5 cm³/mol. The predicted octanol–water partition coefficient (Wildman–Crippen LogP) is 0.359. The Labute approximate surface area is 99.8 Å². The van der Waals surface area contributed by atoms with Crippen LogP contribution in [0.1, 0.15) is 39.5 Å². The van der Waals surface area contributed by atoms with Crippen LogP contribution in [-0.2, 0) is 9.63 Å². The van der Waals surface area contributed by atoms with Gasteiger partial charge in [-0.3, -0.25) is 4.79 Å². The fourth-order valence-corrected chi connectivity index (χ4v) is 1.85. The van der Waals surface area contributed by atoms with Crippen molar-refractivity contribution in [1.29, 1.82) is 0 Å². The van der Waals surface area contributed by atoms with Crippen LogP contribution in [0.15, 0.2) is 0 Å². The highest BCUT2D eigenvalue weighted by molar-refractivity contribution is 5.85. The second kappa shape index (κ2) is 5.31. The first kappa shape index (κ1) is 13.7. The second-order valence-electron chi connectivity index (χ2n) is 4.95. The van der Waals surface area contributed by atoms with Crippen LogP contribution in [0.3, 0.4) is 0 Å². The highest BCUT2D eigenvalue weighted by Crippen LogP contribution is 2.21. The van der Waals surface area contributed by atoms with Crippen LogP contribution in [0.4, 0.5) is 0 Å². The molecule has 0 aromatic heterocycles. The molecular weight excluding hydrogens is 226 g/mol. The van der Waals surface area contributed by atoms with Crippen molar-refractivity contribution in [1.82, 2.24) is 5.32 Å². The number of nitrogens with zero attached hydrogens (tertiary/aromatic N) is 1. The van der Waals surface area contributed by atoms with Gasteiger partial charge in [-0.2, -0.15) is 0 Å². The van der Waals surface area contributed by atoms with Crippen molar-refractivity contribution in [2.75, 3.05) is 0 Å². The Morgan fingerprint density at radius 3 is 2.59 bits per heavy atom. The molecule has 1 fully saturated rings. The van der Waals surface area contributed by atoms with Gasteiger partial charge in [0.05, 0.1) is 11.6 Å². The van der Waals surface area contributed by atoms with Crippen LogP contribution < -0.4 is 11.1 Å². The molecule has 0 saturated heterocycles. The van der Waals surface area contributed by atoms with E-state index in [2.05, 4.69) is 10.2 Å². The fraction of sp³-hybridized carbons (Fsp3) is 0.900. The van der Waals surface area contributed by atoms with Crippen molar-refractivity contribution in [3.8, 4) is 0 Å². The van der Waals surface area contributed by atoms with Crippen molar-refractivity contribution in [2.45, 2.75) is 57.2 Å². The molecule has 7 heteroatoms. The minimum atomic E-state index is -0.989. The third-order valence-electron chi connectivity index (χ3n) is 2.83. The molecule has 0 bridgehead atoms. The maximum absolute atomic E-state index is 11.7. The van der Waals surface area contributed by atoms with Gasteiger partial charge in [-0.05, 0) is 26.7 Å². The lowest BCUT2D eigenvalue weighted by Crippen LogP contribution is -2.56. The summed E-state index contributed by atoms with van der Waals surface area (Å²) in [6.07, 6.45) is 2.49. The largest absolute Gasteiger partial charge is 0.350 e. The normalized spacial score (nSPS) is 25.1. The molecule has 17 heavy (non-hydrogen) atoms. The molecule has 7 nitrogen and oxygen atoms in total. The molecule has 0 aromatic carbocycles. The molecule has 1 saturated carbocycles. The fourth-order valence-electron chi connectivity index (χ4n) is 1.85. The second-order valence-corrected chi connectivity index (χ2v) is 4.95. The molecule has 98 valence electrons. The maximum Gasteiger partial charge on any atom is 0.294 e. The third kappa shape index (κ3) is 4.18. The molecule has 3 N–H and O–H groups in total. The summed E-state index contributed by atoms with van der Waals surface area (Å²) in [6, 6.07) is -0.329. The number of hydrogen-bond acceptors (Lipinski definition) is 5. The zero-order valence-corrected chi connectivity index (χ0v) is 10.1. The molecule has 0 aliphatic heterocycles. The lowest BCUT2D eigenvalue weighted by molar-refractivity contribution is -0.770. The Morgan fingerprint density at radius 2 is 2.06 bits per heavy atom. The van der Waals surface area contributed by atoms with Gasteiger partial charge in [0.15, 0.2) is 0 Å². The number of amides is 1. The Morgan fingerprint density at radius 1 is 1.47 bits per heavy atom. The highest BCUT2D eigenvalue weighted by atomic mass is 17.0. The summed E-state index contributed by atoms with van der Waals surface area (Å²) in [7, 11) is 0. The van der Waals surface area contributed by atoms with Gasteiger partial charge >= 0.3 is 0 Å². The zero-order chi connectivity index (χ0) is 13.1. The molecule has 2 atom stereocenters. The van der Waals surface area contributed by atoms with Crippen LogP contribution >= 0.6 is 0 Å². The lowest BCUT2D eigenvalue weighted by Gasteiger charge is -2.32. The molecule has 1 rings (SSSR count). The van der Waals surface area contributed by atoms with Crippen molar-refractivity contribution in [2.24, 2.45) is 5.73 Å². The van der Waals surface area contributed by atoms with E-state index in [4.69, 9.17) is 5.73 Å². The summed E-state index contributed by atoms with van der Waals surface area (Å²) in [6.45, 7) is 3.18. The summed E-state index contributed by atoms with van der Waals surface area (Å²) in [5, 5.41) is 12.3. The van der Waals surface area contributed by atoms with E-state index in [1.165, 1.54) is 0 Å². The van der Waals surface area contributed by atoms with E-state index in [1.54, 1.807) is 13.8 Å².